The molecule has 8 rings (SSSR count). The molecule has 6 aliphatic rings. The van der Waals surface area contributed by atoms with Gasteiger partial charge < -0.3 is 25.0 Å². The second-order valence-electron chi connectivity index (χ2n) is 16.4. The molecule has 14 nitrogen and oxygen atoms in total. The fourth-order valence-corrected chi connectivity index (χ4v) is 10.3. The molecular formula is C40H52N6O8S. The highest BCUT2D eigenvalue weighted by molar-refractivity contribution is 7.91. The maximum atomic E-state index is 14.7. The molecule has 3 bridgehead atoms. The van der Waals surface area contributed by atoms with Crippen molar-refractivity contribution in [2.24, 2.45) is 11.8 Å². The van der Waals surface area contributed by atoms with Gasteiger partial charge in [-0.1, -0.05) is 50.0 Å². The maximum absolute atomic E-state index is 14.7. The minimum absolute atomic E-state index is 0.0291. The molecule has 0 unspecified atom stereocenters. The number of nitrogens with one attached hydrogen (secondary N) is 3. The number of fused-ring (bicyclic) bond motifs is 6. The number of carbonyl (C=O) groups is 4. The van der Waals surface area contributed by atoms with Crippen molar-refractivity contribution in [1.82, 2.24) is 30.2 Å². The van der Waals surface area contributed by atoms with E-state index in [1.807, 2.05) is 36.4 Å². The third kappa shape index (κ3) is 8.31. The van der Waals surface area contributed by atoms with Crippen LogP contribution < -0.4 is 20.1 Å². The number of allylic oxidation sites excluding steroid dienone is 1. The normalized spacial score (nSPS) is 32.2. The Kier molecular flexibility index (Phi) is 10.7. The molecule has 0 spiro atoms. The number of amides is 4. The second-order valence-corrected chi connectivity index (χ2v) is 18.4. The zero-order chi connectivity index (χ0) is 38.2. The molecule has 4 amide bonds. The predicted octanol–water partition coefficient (Wildman–Crippen LogP) is 4.36. The van der Waals surface area contributed by atoms with Crippen LogP contribution in [0.2, 0.25) is 0 Å². The fourth-order valence-electron chi connectivity index (χ4n) is 8.96. The third-order valence-corrected chi connectivity index (χ3v) is 14.2. The number of carbonyl (C=O) groups excluding carboxylic acids is 4. The van der Waals surface area contributed by atoms with Crippen molar-refractivity contribution in [3.8, 4) is 5.88 Å². The van der Waals surface area contributed by atoms with Gasteiger partial charge in [0.15, 0.2) is 0 Å². The molecule has 55 heavy (non-hydrogen) atoms. The Labute approximate surface area is 322 Å². The second kappa shape index (κ2) is 15.7. The van der Waals surface area contributed by atoms with E-state index in [4.69, 9.17) is 19.4 Å². The van der Waals surface area contributed by atoms with E-state index in [1.165, 1.54) is 4.90 Å². The number of para-hydroxylation sites is 2. The van der Waals surface area contributed by atoms with E-state index >= 15 is 0 Å². The molecule has 0 radical (unpaired) electrons. The van der Waals surface area contributed by atoms with Crippen LogP contribution in [0.4, 0.5) is 4.79 Å². The van der Waals surface area contributed by atoms with E-state index in [0.29, 0.717) is 55.6 Å². The molecule has 3 aliphatic carbocycles. The third-order valence-electron chi connectivity index (χ3n) is 12.4. The van der Waals surface area contributed by atoms with Crippen molar-refractivity contribution in [3.63, 3.8) is 0 Å². The topological polar surface area (TPSA) is 186 Å². The van der Waals surface area contributed by atoms with Gasteiger partial charge in [-0.3, -0.25) is 19.1 Å². The molecule has 296 valence electrons. The number of hydrogen-bond acceptors (Lipinski definition) is 10. The van der Waals surface area contributed by atoms with Crippen LogP contribution in [-0.2, 0) is 35.6 Å². The summed E-state index contributed by atoms with van der Waals surface area (Å²) >= 11 is 0. The van der Waals surface area contributed by atoms with Gasteiger partial charge in [0, 0.05) is 12.3 Å². The van der Waals surface area contributed by atoms with Gasteiger partial charge in [0.05, 0.1) is 22.8 Å². The van der Waals surface area contributed by atoms with Gasteiger partial charge in [-0.25, -0.2) is 23.2 Å². The van der Waals surface area contributed by atoms with E-state index in [9.17, 15) is 27.6 Å². The van der Waals surface area contributed by atoms with Crippen molar-refractivity contribution in [1.29, 1.82) is 0 Å². The van der Waals surface area contributed by atoms with E-state index < -0.39 is 68.7 Å². The molecule has 3 saturated carbocycles. The Balaban J connectivity index is 1.13. The largest absolute Gasteiger partial charge is 0.471 e. The lowest BCUT2D eigenvalue weighted by Gasteiger charge is -2.30. The Morgan fingerprint density at radius 1 is 0.891 bits per heavy atom. The Hall–Kier alpha value is -4.27. The zero-order valence-corrected chi connectivity index (χ0v) is 32.1. The summed E-state index contributed by atoms with van der Waals surface area (Å²) in [6.45, 7) is 0.0291. The van der Waals surface area contributed by atoms with Crippen LogP contribution in [0.5, 0.6) is 5.88 Å². The van der Waals surface area contributed by atoms with Gasteiger partial charge in [-0.05, 0) is 95.1 Å². The number of aryl methyl sites for hydroxylation is 1. The highest BCUT2D eigenvalue weighted by Gasteiger charge is 2.62. The first-order valence-electron chi connectivity index (χ1n) is 20.3. The molecule has 1 aromatic carbocycles. The molecule has 1 aromatic heterocycles. The average molecular weight is 777 g/mol. The fraction of sp³-hybridized carbons (Fsp3) is 0.650. The Morgan fingerprint density at radius 2 is 1.65 bits per heavy atom. The van der Waals surface area contributed by atoms with Crippen molar-refractivity contribution in [3.05, 3.63) is 42.1 Å². The van der Waals surface area contributed by atoms with Gasteiger partial charge in [-0.15, -0.1) is 0 Å². The molecule has 2 aromatic rings. The van der Waals surface area contributed by atoms with Crippen molar-refractivity contribution >= 4 is 44.9 Å². The summed E-state index contributed by atoms with van der Waals surface area (Å²) in [6.07, 6.45) is 14.1. The quantitative estimate of drug-likeness (QED) is 0.379. The molecular weight excluding hydrogens is 725 g/mol. The number of sulfonamides is 1. The molecule has 1 saturated heterocycles. The molecule has 4 fully saturated rings. The minimum Gasteiger partial charge on any atom is -0.471 e. The van der Waals surface area contributed by atoms with Crippen LogP contribution in [0.25, 0.3) is 11.0 Å². The summed E-state index contributed by atoms with van der Waals surface area (Å²) in [5, 5.41) is 5.19. The van der Waals surface area contributed by atoms with E-state index in [2.05, 4.69) is 15.4 Å². The number of alkyl carbamates (subject to hydrolysis) is 1. The summed E-state index contributed by atoms with van der Waals surface area (Å²) in [6, 6.07) is 5.57. The van der Waals surface area contributed by atoms with Crippen molar-refractivity contribution in [2.45, 2.75) is 144 Å². The average Bonchev–Trinajstić information content (AvgIpc) is 4.05. The summed E-state index contributed by atoms with van der Waals surface area (Å²) in [7, 11) is -3.88. The number of rotatable bonds is 3. The lowest BCUT2D eigenvalue weighted by Crippen LogP contribution is -2.58. The maximum Gasteiger partial charge on any atom is 0.408 e. The first-order chi connectivity index (χ1) is 26.6. The number of benzene rings is 1. The van der Waals surface area contributed by atoms with E-state index in [-0.39, 0.29) is 31.4 Å². The first-order valence-corrected chi connectivity index (χ1v) is 21.9. The smallest absolute Gasteiger partial charge is 0.408 e. The lowest BCUT2D eigenvalue weighted by molar-refractivity contribution is -0.141. The van der Waals surface area contributed by atoms with Crippen LogP contribution in [0.1, 0.15) is 108 Å². The predicted molar refractivity (Wildman–Crippen MR) is 202 cm³/mol. The number of ether oxygens (including phenoxy) is 2. The van der Waals surface area contributed by atoms with Crippen LogP contribution in [0.15, 0.2) is 36.4 Å². The summed E-state index contributed by atoms with van der Waals surface area (Å²) < 4.78 is 40.6. The molecule has 4 heterocycles. The summed E-state index contributed by atoms with van der Waals surface area (Å²) in [4.78, 5) is 67.6. The summed E-state index contributed by atoms with van der Waals surface area (Å²) in [5.74, 6) is -1.58. The standard InChI is InChI=1S/C40H52N6O8S/c47-35-33-22-27-24-46(33)37(48)32(18-7-3-1-2-6-14-26-23-40(26,44-35)38(49)45-55(51,52)28-20-21-28)43-39(50)54-34-19-11-13-25(34)12-5-4-8-17-31-36(53-27)42-30-16-10-9-15-29(30)41-31/h6,9-10,14-16,25-28,32-34H,1-5,7-8,11-13,17-24H2,(H,43,50)(H,44,47)(H,45,49)/t25-,26-,27-,32+,33+,34-,40-/m1/s1. The molecule has 15 heteroatoms. The van der Waals surface area contributed by atoms with Crippen LogP contribution in [-0.4, -0.2) is 88.7 Å². The zero-order valence-electron chi connectivity index (χ0n) is 31.2. The van der Waals surface area contributed by atoms with Crippen molar-refractivity contribution < 1.29 is 37.1 Å². The SMILES string of the molecule is O=C1N[C@H]2CCCCCC=C[C@@H]3C[C@@]3(C(=O)NS(=O)(=O)C3CC3)NC(=O)[C@@H]3C[C@H](CN3C2=O)Oc2nc3ccccc3nc2CCCCC[C@@H]2CCC[C@H]2O1. The highest BCUT2D eigenvalue weighted by Crippen LogP contribution is 2.46. The van der Waals surface area contributed by atoms with Gasteiger partial charge >= 0.3 is 6.09 Å². The molecule has 3 aliphatic heterocycles. The molecule has 7 atom stereocenters. The highest BCUT2D eigenvalue weighted by atomic mass is 32.2. The van der Waals surface area contributed by atoms with Crippen LogP contribution in [0, 0.1) is 11.8 Å². The van der Waals surface area contributed by atoms with Gasteiger partial charge in [0.1, 0.15) is 35.5 Å². The summed E-state index contributed by atoms with van der Waals surface area (Å²) in [5.41, 5.74) is 0.659. The van der Waals surface area contributed by atoms with E-state index in [1.54, 1.807) is 0 Å². The number of aromatic nitrogens is 2. The number of nitrogens with zero attached hydrogens (tertiary/aromatic N) is 3. The lowest BCUT2D eigenvalue weighted by atomic mass is 9.97. The first kappa shape index (κ1) is 37.6. The van der Waals surface area contributed by atoms with Gasteiger partial charge in [0.25, 0.3) is 5.91 Å². The van der Waals surface area contributed by atoms with Crippen molar-refractivity contribution in [2.75, 3.05) is 6.54 Å². The van der Waals surface area contributed by atoms with Gasteiger partial charge in [-0.2, -0.15) is 0 Å². The molecule has 3 N–H and O–H groups in total. The van der Waals surface area contributed by atoms with Crippen LogP contribution in [0.3, 0.4) is 0 Å². The minimum atomic E-state index is -3.88. The Morgan fingerprint density at radius 3 is 2.47 bits per heavy atom. The number of hydrogen-bond donors (Lipinski definition) is 3. The van der Waals surface area contributed by atoms with Crippen LogP contribution >= 0.6 is 0 Å². The Bertz CT molecular complexity index is 1950. The van der Waals surface area contributed by atoms with E-state index in [0.717, 1.165) is 63.3 Å². The van der Waals surface area contributed by atoms with Gasteiger partial charge in [0.2, 0.25) is 27.7 Å². The monoisotopic (exact) mass is 776 g/mol.